The molecule has 1 amide bonds. The molecule has 1 aliphatic carbocycles. The van der Waals surface area contributed by atoms with Gasteiger partial charge in [0.2, 0.25) is 5.91 Å². The summed E-state index contributed by atoms with van der Waals surface area (Å²) in [5.41, 5.74) is 1.09. The molecule has 0 unspecified atom stereocenters. The van der Waals surface area contributed by atoms with Crippen LogP contribution < -0.4 is 5.32 Å². The molecular formula is C18H22N2O3. The number of nitrogens with one attached hydrogen (secondary N) is 1. The van der Waals surface area contributed by atoms with Gasteiger partial charge >= 0.3 is 0 Å². The number of ether oxygens (including phenoxy) is 2. The Kier molecular flexibility index (Phi) is 4.06. The average Bonchev–Trinajstić information content (AvgIpc) is 2.98. The summed E-state index contributed by atoms with van der Waals surface area (Å²) in [6.07, 6.45) is 5.09. The lowest BCUT2D eigenvalue weighted by molar-refractivity contribution is -0.158. The molecule has 1 aromatic carbocycles. The molecule has 1 saturated heterocycles. The van der Waals surface area contributed by atoms with Gasteiger partial charge in [0.1, 0.15) is 6.54 Å². The lowest BCUT2D eigenvalue weighted by atomic mass is 9.89. The molecule has 1 saturated carbocycles. The Labute approximate surface area is 135 Å². The van der Waals surface area contributed by atoms with Crippen LogP contribution in [-0.2, 0) is 20.8 Å². The fourth-order valence-corrected chi connectivity index (χ4v) is 3.70. The Morgan fingerprint density at radius 2 is 1.96 bits per heavy atom. The maximum atomic E-state index is 12.4. The number of aromatic nitrogens is 1. The summed E-state index contributed by atoms with van der Waals surface area (Å²) >= 11 is 0. The topological polar surface area (TPSA) is 52.5 Å². The molecule has 1 N–H and O–H groups in total. The Hall–Kier alpha value is -1.85. The summed E-state index contributed by atoms with van der Waals surface area (Å²) in [5, 5.41) is 4.32. The number of nitrogens with zero attached hydrogens (tertiary/aromatic N) is 1. The van der Waals surface area contributed by atoms with Crippen molar-refractivity contribution in [3.05, 3.63) is 36.5 Å². The first-order valence-electron chi connectivity index (χ1n) is 8.36. The lowest BCUT2D eigenvalue weighted by Crippen LogP contribution is -2.49. The SMILES string of the molecule is O=C(Cn1ccc2ccccc21)N[C@@H]1CC[C@@H]2OCCO[C@@H]2C1. The molecular weight excluding hydrogens is 292 g/mol. The highest BCUT2D eigenvalue weighted by atomic mass is 16.6. The normalized spacial score (nSPS) is 27.6. The van der Waals surface area contributed by atoms with Gasteiger partial charge in [0.05, 0.1) is 25.4 Å². The summed E-state index contributed by atoms with van der Waals surface area (Å²) in [7, 11) is 0. The van der Waals surface area contributed by atoms with Crippen molar-refractivity contribution in [2.75, 3.05) is 13.2 Å². The van der Waals surface area contributed by atoms with Gasteiger partial charge in [0.15, 0.2) is 0 Å². The molecule has 4 rings (SSSR count). The van der Waals surface area contributed by atoms with E-state index in [9.17, 15) is 4.79 Å². The highest BCUT2D eigenvalue weighted by Gasteiger charge is 2.34. The third-order valence-electron chi connectivity index (χ3n) is 4.84. The first-order chi connectivity index (χ1) is 11.3. The smallest absolute Gasteiger partial charge is 0.240 e. The van der Waals surface area contributed by atoms with Gasteiger partial charge in [-0.2, -0.15) is 0 Å². The zero-order chi connectivity index (χ0) is 15.6. The molecule has 23 heavy (non-hydrogen) atoms. The number of rotatable bonds is 3. The minimum atomic E-state index is 0.0616. The molecule has 0 bridgehead atoms. The number of para-hydroxylation sites is 1. The first kappa shape index (κ1) is 14.7. The molecule has 0 radical (unpaired) electrons. The number of amides is 1. The lowest BCUT2D eigenvalue weighted by Gasteiger charge is -2.39. The largest absolute Gasteiger partial charge is 0.373 e. The van der Waals surface area contributed by atoms with E-state index in [2.05, 4.69) is 11.4 Å². The van der Waals surface area contributed by atoms with E-state index in [1.807, 2.05) is 35.0 Å². The molecule has 2 aromatic rings. The van der Waals surface area contributed by atoms with E-state index in [0.717, 1.165) is 30.2 Å². The van der Waals surface area contributed by atoms with Crippen LogP contribution in [0.4, 0.5) is 0 Å². The quantitative estimate of drug-likeness (QED) is 0.944. The van der Waals surface area contributed by atoms with E-state index in [1.54, 1.807) is 0 Å². The van der Waals surface area contributed by atoms with Gasteiger partial charge in [-0.05, 0) is 36.8 Å². The third-order valence-corrected chi connectivity index (χ3v) is 4.84. The number of hydrogen-bond donors (Lipinski definition) is 1. The van der Waals surface area contributed by atoms with E-state index in [1.165, 1.54) is 0 Å². The van der Waals surface area contributed by atoms with Crippen molar-refractivity contribution in [1.82, 2.24) is 9.88 Å². The Morgan fingerprint density at radius 1 is 1.13 bits per heavy atom. The maximum Gasteiger partial charge on any atom is 0.240 e. The second-order valence-electron chi connectivity index (χ2n) is 6.40. The van der Waals surface area contributed by atoms with Gasteiger partial charge in [-0.25, -0.2) is 0 Å². The van der Waals surface area contributed by atoms with Gasteiger partial charge in [-0.1, -0.05) is 18.2 Å². The molecule has 0 spiro atoms. The monoisotopic (exact) mass is 314 g/mol. The number of hydrogen-bond acceptors (Lipinski definition) is 3. The Bertz CT molecular complexity index is 696. The molecule has 2 aliphatic rings. The van der Waals surface area contributed by atoms with Crippen LogP contribution in [-0.4, -0.2) is 41.9 Å². The molecule has 122 valence electrons. The van der Waals surface area contributed by atoms with Crippen molar-refractivity contribution < 1.29 is 14.3 Å². The molecule has 1 aromatic heterocycles. The zero-order valence-corrected chi connectivity index (χ0v) is 13.1. The predicted molar refractivity (Wildman–Crippen MR) is 87.2 cm³/mol. The highest BCUT2D eigenvalue weighted by Crippen LogP contribution is 2.26. The molecule has 3 atom stereocenters. The Balaban J connectivity index is 1.36. The maximum absolute atomic E-state index is 12.4. The molecule has 1 aliphatic heterocycles. The van der Waals surface area contributed by atoms with E-state index >= 15 is 0 Å². The number of carbonyl (C=O) groups excluding carboxylic acids is 1. The van der Waals surface area contributed by atoms with Crippen LogP contribution in [0.25, 0.3) is 10.9 Å². The highest BCUT2D eigenvalue weighted by molar-refractivity contribution is 5.83. The summed E-state index contributed by atoms with van der Waals surface area (Å²) in [6.45, 7) is 1.71. The van der Waals surface area contributed by atoms with Crippen molar-refractivity contribution in [2.45, 2.75) is 44.1 Å². The Morgan fingerprint density at radius 3 is 2.87 bits per heavy atom. The number of benzene rings is 1. The van der Waals surface area contributed by atoms with Crippen molar-refractivity contribution in [3.63, 3.8) is 0 Å². The summed E-state index contributed by atoms with van der Waals surface area (Å²) < 4.78 is 13.5. The van der Waals surface area contributed by atoms with Gasteiger partial charge in [-0.15, -0.1) is 0 Å². The first-order valence-corrected chi connectivity index (χ1v) is 8.36. The number of carbonyl (C=O) groups is 1. The van der Waals surface area contributed by atoms with Crippen molar-refractivity contribution in [3.8, 4) is 0 Å². The van der Waals surface area contributed by atoms with E-state index in [-0.39, 0.29) is 24.2 Å². The summed E-state index contributed by atoms with van der Waals surface area (Å²) in [6, 6.07) is 10.3. The molecule has 5 heteroatoms. The van der Waals surface area contributed by atoms with Crippen LogP contribution in [0.2, 0.25) is 0 Å². The summed E-state index contributed by atoms with van der Waals surface area (Å²) in [4.78, 5) is 12.4. The van der Waals surface area contributed by atoms with Crippen molar-refractivity contribution >= 4 is 16.8 Å². The van der Waals surface area contributed by atoms with Crippen molar-refractivity contribution in [1.29, 1.82) is 0 Å². The predicted octanol–water partition coefficient (Wildman–Crippen LogP) is 2.09. The van der Waals surface area contributed by atoms with Crippen LogP contribution >= 0.6 is 0 Å². The van der Waals surface area contributed by atoms with E-state index in [4.69, 9.17) is 9.47 Å². The van der Waals surface area contributed by atoms with Crippen LogP contribution in [0.1, 0.15) is 19.3 Å². The van der Waals surface area contributed by atoms with Crippen LogP contribution in [0.3, 0.4) is 0 Å². The molecule has 2 heterocycles. The average molecular weight is 314 g/mol. The zero-order valence-electron chi connectivity index (χ0n) is 13.1. The number of fused-ring (bicyclic) bond motifs is 2. The molecule has 5 nitrogen and oxygen atoms in total. The molecule has 2 fully saturated rings. The van der Waals surface area contributed by atoms with Gasteiger partial charge in [0.25, 0.3) is 0 Å². The van der Waals surface area contributed by atoms with Gasteiger partial charge < -0.3 is 19.4 Å². The van der Waals surface area contributed by atoms with E-state index in [0.29, 0.717) is 19.8 Å². The fourth-order valence-electron chi connectivity index (χ4n) is 3.70. The van der Waals surface area contributed by atoms with Crippen molar-refractivity contribution in [2.24, 2.45) is 0 Å². The van der Waals surface area contributed by atoms with E-state index < -0.39 is 0 Å². The third kappa shape index (κ3) is 3.12. The second-order valence-corrected chi connectivity index (χ2v) is 6.40. The van der Waals surface area contributed by atoms with Gasteiger partial charge in [-0.3, -0.25) is 4.79 Å². The minimum absolute atomic E-state index is 0.0616. The van der Waals surface area contributed by atoms with Crippen LogP contribution in [0.15, 0.2) is 36.5 Å². The summed E-state index contributed by atoms with van der Waals surface area (Å²) in [5.74, 6) is 0.0616. The second kappa shape index (κ2) is 6.34. The van der Waals surface area contributed by atoms with Crippen LogP contribution in [0.5, 0.6) is 0 Å². The fraction of sp³-hybridized carbons (Fsp3) is 0.500. The minimum Gasteiger partial charge on any atom is -0.373 e. The standard InChI is InChI=1S/C18H22N2O3/c21-18(12-20-8-7-13-3-1-2-4-15(13)20)19-14-5-6-16-17(11-14)23-10-9-22-16/h1-4,7-8,14,16-17H,5-6,9-12H2,(H,19,21)/t14-,16+,17-/m1/s1. The van der Waals surface area contributed by atoms with Gasteiger partial charge in [0, 0.05) is 17.8 Å². The van der Waals surface area contributed by atoms with Crippen LogP contribution in [0, 0.1) is 0 Å².